The molecule has 3 heteroatoms. The van der Waals surface area contributed by atoms with Gasteiger partial charge in [-0.15, -0.1) is 0 Å². The normalized spacial score (nSPS) is 9.67. The number of rotatable bonds is 0. The number of aromatic nitrogens is 1. The van der Waals surface area contributed by atoms with Crippen molar-refractivity contribution in [3.05, 3.63) is 40.0 Å². The average molecular weight is 242 g/mol. The molecule has 1 nitrogen and oxygen atoms in total. The Bertz CT molecular complexity index is 466. The molecule has 2 rings (SSSR count). The molecule has 1 heterocycles. The minimum absolute atomic E-state index is 0.713. The molecule has 0 saturated heterocycles. The van der Waals surface area contributed by atoms with Gasteiger partial charge in [-0.2, -0.15) is 0 Å². The molecule has 0 aliphatic carbocycles. The van der Waals surface area contributed by atoms with Gasteiger partial charge in [0.2, 0.25) is 0 Å². The van der Waals surface area contributed by atoms with Crippen LogP contribution in [0.3, 0.4) is 0 Å². The number of hydrogen-bond donors (Lipinski definition) is 0. The molecule has 1 aromatic carbocycles. The summed E-state index contributed by atoms with van der Waals surface area (Å²) in [6, 6.07) is 5.56. The largest absolute Gasteiger partial charge is 0.256 e. The van der Waals surface area contributed by atoms with Gasteiger partial charge in [-0.05, 0) is 30.7 Å². The summed E-state index contributed by atoms with van der Waals surface area (Å²) in [6.45, 7) is 5.95. The first kappa shape index (κ1) is 12.3. The summed E-state index contributed by atoms with van der Waals surface area (Å²) in [5, 5.41) is 2.39. The van der Waals surface area contributed by atoms with E-state index in [4.69, 9.17) is 23.2 Å². The topological polar surface area (TPSA) is 12.9 Å². The van der Waals surface area contributed by atoms with Gasteiger partial charge in [0.25, 0.3) is 0 Å². The van der Waals surface area contributed by atoms with E-state index >= 15 is 0 Å². The van der Waals surface area contributed by atoms with E-state index < -0.39 is 0 Å². The Morgan fingerprint density at radius 3 is 2.40 bits per heavy atom. The average Bonchev–Trinajstić information content (AvgIpc) is 2.24. The zero-order valence-corrected chi connectivity index (χ0v) is 10.5. The van der Waals surface area contributed by atoms with Gasteiger partial charge in [-0.1, -0.05) is 37.0 Å². The summed E-state index contributed by atoms with van der Waals surface area (Å²) in [5.74, 6) is 0. The SMILES string of the molecule is CC.Cc1cc2c(Cl)ccnc2cc1Cl. The lowest BCUT2D eigenvalue weighted by atomic mass is 10.1. The number of fused-ring (bicyclic) bond motifs is 1. The Balaban J connectivity index is 0.000000531. The van der Waals surface area contributed by atoms with Crippen LogP contribution >= 0.6 is 23.2 Å². The van der Waals surface area contributed by atoms with Crippen molar-refractivity contribution in [2.24, 2.45) is 0 Å². The van der Waals surface area contributed by atoms with Crippen molar-refractivity contribution in [1.82, 2.24) is 4.98 Å². The highest BCUT2D eigenvalue weighted by atomic mass is 35.5. The molecule has 0 spiro atoms. The highest BCUT2D eigenvalue weighted by Crippen LogP contribution is 2.26. The van der Waals surface area contributed by atoms with Crippen LogP contribution in [0.4, 0.5) is 0 Å². The molecule has 1 aromatic heterocycles. The maximum atomic E-state index is 6.00. The van der Waals surface area contributed by atoms with Crippen molar-refractivity contribution >= 4 is 34.1 Å². The quantitative estimate of drug-likeness (QED) is 0.641. The van der Waals surface area contributed by atoms with Crippen molar-refractivity contribution in [1.29, 1.82) is 0 Å². The number of halogens is 2. The van der Waals surface area contributed by atoms with Crippen LogP contribution < -0.4 is 0 Å². The van der Waals surface area contributed by atoms with E-state index in [2.05, 4.69) is 4.98 Å². The molecule has 0 bridgehead atoms. The van der Waals surface area contributed by atoms with Crippen molar-refractivity contribution in [2.45, 2.75) is 20.8 Å². The van der Waals surface area contributed by atoms with Gasteiger partial charge in [-0.25, -0.2) is 0 Å². The van der Waals surface area contributed by atoms with Crippen LogP contribution in [0, 0.1) is 6.92 Å². The van der Waals surface area contributed by atoms with Gasteiger partial charge in [0.15, 0.2) is 0 Å². The lowest BCUT2D eigenvalue weighted by Gasteiger charge is -2.02. The Labute approximate surface area is 100 Å². The first-order valence-electron chi connectivity index (χ1n) is 4.89. The third kappa shape index (κ3) is 2.61. The fraction of sp³-hybridized carbons (Fsp3) is 0.250. The zero-order chi connectivity index (χ0) is 11.4. The van der Waals surface area contributed by atoms with Crippen LogP contribution in [0.15, 0.2) is 24.4 Å². The van der Waals surface area contributed by atoms with Gasteiger partial charge in [0.05, 0.1) is 10.5 Å². The smallest absolute Gasteiger partial charge is 0.0731 e. The number of hydrogen-bond acceptors (Lipinski definition) is 1. The van der Waals surface area contributed by atoms with Crippen LogP contribution in [0.25, 0.3) is 10.9 Å². The van der Waals surface area contributed by atoms with Gasteiger partial charge >= 0.3 is 0 Å². The third-order valence-electron chi connectivity index (χ3n) is 1.97. The van der Waals surface area contributed by atoms with Gasteiger partial charge in [0, 0.05) is 16.6 Å². The summed E-state index contributed by atoms with van der Waals surface area (Å²) in [4.78, 5) is 4.18. The monoisotopic (exact) mass is 241 g/mol. The molecule has 0 N–H and O–H groups in total. The Hall–Kier alpha value is -0.790. The predicted octanol–water partition coefficient (Wildman–Crippen LogP) is 4.88. The molecule has 80 valence electrons. The number of benzene rings is 1. The molecule has 0 radical (unpaired) electrons. The van der Waals surface area contributed by atoms with Crippen molar-refractivity contribution in [2.75, 3.05) is 0 Å². The maximum absolute atomic E-state index is 6.00. The third-order valence-corrected chi connectivity index (χ3v) is 2.71. The second-order valence-corrected chi connectivity index (χ2v) is 3.73. The van der Waals surface area contributed by atoms with E-state index in [-0.39, 0.29) is 0 Å². The van der Waals surface area contributed by atoms with Crippen LogP contribution in [0.1, 0.15) is 19.4 Å². The lowest BCUT2D eigenvalue weighted by Crippen LogP contribution is -1.82. The summed E-state index contributed by atoms with van der Waals surface area (Å²) in [7, 11) is 0. The van der Waals surface area contributed by atoms with E-state index in [1.54, 1.807) is 12.3 Å². The van der Waals surface area contributed by atoms with E-state index in [1.807, 2.05) is 32.9 Å². The first-order chi connectivity index (χ1) is 7.18. The number of aryl methyl sites for hydroxylation is 1. The van der Waals surface area contributed by atoms with Gasteiger partial charge in [-0.3, -0.25) is 4.98 Å². The Morgan fingerprint density at radius 2 is 1.73 bits per heavy atom. The number of nitrogens with zero attached hydrogens (tertiary/aromatic N) is 1. The van der Waals surface area contributed by atoms with Crippen LogP contribution in [0.5, 0.6) is 0 Å². The highest BCUT2D eigenvalue weighted by molar-refractivity contribution is 6.36. The second-order valence-electron chi connectivity index (χ2n) is 2.91. The van der Waals surface area contributed by atoms with Crippen molar-refractivity contribution in [3.8, 4) is 0 Å². The number of pyridine rings is 1. The van der Waals surface area contributed by atoms with E-state index in [0.717, 1.165) is 21.5 Å². The molecule has 2 aromatic rings. The molecule has 0 unspecified atom stereocenters. The summed E-state index contributed by atoms with van der Waals surface area (Å²) in [5.41, 5.74) is 1.85. The van der Waals surface area contributed by atoms with E-state index in [0.29, 0.717) is 5.02 Å². The standard InChI is InChI=1S/C10H7Cl2N.C2H6/c1-6-4-7-8(11)2-3-13-10(7)5-9(6)12;1-2/h2-5H,1H3;1-2H3. The highest BCUT2D eigenvalue weighted by Gasteiger charge is 2.02. The van der Waals surface area contributed by atoms with Gasteiger partial charge in [0.1, 0.15) is 0 Å². The lowest BCUT2D eigenvalue weighted by molar-refractivity contribution is 1.39. The zero-order valence-electron chi connectivity index (χ0n) is 9.01. The summed E-state index contributed by atoms with van der Waals surface area (Å²) >= 11 is 12.0. The van der Waals surface area contributed by atoms with Crippen LogP contribution in [-0.2, 0) is 0 Å². The van der Waals surface area contributed by atoms with Crippen molar-refractivity contribution in [3.63, 3.8) is 0 Å². The minimum Gasteiger partial charge on any atom is -0.256 e. The molecule has 0 atom stereocenters. The van der Waals surface area contributed by atoms with Crippen molar-refractivity contribution < 1.29 is 0 Å². The summed E-state index contributed by atoms with van der Waals surface area (Å²) < 4.78 is 0. The van der Waals surface area contributed by atoms with Crippen LogP contribution in [0.2, 0.25) is 10.0 Å². The molecule has 0 aliphatic rings. The molecule has 15 heavy (non-hydrogen) atoms. The molecular formula is C12H13Cl2N. The first-order valence-corrected chi connectivity index (χ1v) is 5.64. The molecular weight excluding hydrogens is 229 g/mol. The van der Waals surface area contributed by atoms with E-state index in [9.17, 15) is 0 Å². The fourth-order valence-electron chi connectivity index (χ4n) is 1.24. The molecule has 0 amide bonds. The fourth-order valence-corrected chi connectivity index (χ4v) is 1.61. The Kier molecular flexibility index (Phi) is 4.37. The summed E-state index contributed by atoms with van der Waals surface area (Å²) in [6.07, 6.45) is 1.68. The maximum Gasteiger partial charge on any atom is 0.0731 e. The Morgan fingerprint density at radius 1 is 1.07 bits per heavy atom. The predicted molar refractivity (Wildman–Crippen MR) is 67.8 cm³/mol. The van der Waals surface area contributed by atoms with E-state index in [1.165, 1.54) is 0 Å². The second kappa shape index (κ2) is 5.34. The molecule has 0 saturated carbocycles. The van der Waals surface area contributed by atoms with Gasteiger partial charge < -0.3 is 0 Å². The van der Waals surface area contributed by atoms with Crippen LogP contribution in [-0.4, -0.2) is 4.98 Å². The minimum atomic E-state index is 0.713. The molecule has 0 fully saturated rings. The molecule has 0 aliphatic heterocycles.